The summed E-state index contributed by atoms with van der Waals surface area (Å²) in [6.45, 7) is 0.516. The van der Waals surface area contributed by atoms with E-state index in [1.807, 2.05) is 6.07 Å². The van der Waals surface area contributed by atoms with Gasteiger partial charge in [0, 0.05) is 11.9 Å². The molecule has 0 aliphatic carbocycles. The van der Waals surface area contributed by atoms with Crippen LogP contribution in [-0.4, -0.2) is 14.7 Å². The Kier molecular flexibility index (Phi) is 4.37. The van der Waals surface area contributed by atoms with Gasteiger partial charge < -0.3 is 9.73 Å². The molecule has 0 amide bonds. The zero-order valence-corrected chi connectivity index (χ0v) is 14.0. The first-order chi connectivity index (χ1) is 8.86. The average Bonchev–Trinajstić information content (AvgIpc) is 2.66. The lowest BCUT2D eigenvalue weighted by atomic mass is 10.3. The molecule has 0 fully saturated rings. The molecule has 19 heavy (non-hydrogen) atoms. The Hall–Kier alpha value is -0.790. The number of halogens is 2. The van der Waals surface area contributed by atoms with Gasteiger partial charge >= 0.3 is 0 Å². The van der Waals surface area contributed by atoms with Gasteiger partial charge in [-0.05, 0) is 62.2 Å². The van der Waals surface area contributed by atoms with Crippen LogP contribution in [0.1, 0.15) is 5.76 Å². The highest BCUT2D eigenvalue weighted by atomic mass is 79.9. The molecule has 1 aromatic carbocycles. The van der Waals surface area contributed by atoms with E-state index in [0.717, 1.165) is 15.9 Å². The second kappa shape index (κ2) is 5.68. The summed E-state index contributed by atoms with van der Waals surface area (Å²) < 4.78 is 29.6. The summed E-state index contributed by atoms with van der Waals surface area (Å²) in [5.41, 5.74) is 0.830. The fourth-order valence-corrected chi connectivity index (χ4v) is 2.78. The van der Waals surface area contributed by atoms with Crippen molar-refractivity contribution in [3.8, 4) is 0 Å². The van der Waals surface area contributed by atoms with Crippen molar-refractivity contribution in [3.05, 3.63) is 45.2 Å². The van der Waals surface area contributed by atoms with E-state index >= 15 is 0 Å². The zero-order valence-electron chi connectivity index (χ0n) is 9.98. The molecule has 0 unspecified atom stereocenters. The van der Waals surface area contributed by atoms with E-state index in [2.05, 4.69) is 37.2 Å². The summed E-state index contributed by atoms with van der Waals surface area (Å²) >= 11 is 6.60. The van der Waals surface area contributed by atoms with Crippen molar-refractivity contribution >= 4 is 47.4 Å². The number of nitrogens with one attached hydrogen (secondary N) is 1. The molecule has 0 aliphatic heterocycles. The second-order valence-corrected chi connectivity index (χ2v) is 7.57. The van der Waals surface area contributed by atoms with Crippen LogP contribution in [0, 0.1) is 0 Å². The fraction of sp³-hybridized carbons (Fsp3) is 0.167. The van der Waals surface area contributed by atoms with Crippen LogP contribution in [0.5, 0.6) is 0 Å². The standard InChI is InChI=1S/C12H11Br2NO3S/c1-19(16,17)10-4-2-8(3-5-10)15-7-9-6-11(13)12(14)18-9/h2-6,15H,7H2,1H3. The monoisotopic (exact) mass is 407 g/mol. The van der Waals surface area contributed by atoms with Crippen molar-refractivity contribution < 1.29 is 12.8 Å². The van der Waals surface area contributed by atoms with Crippen molar-refractivity contribution in [1.82, 2.24) is 0 Å². The van der Waals surface area contributed by atoms with Gasteiger partial charge in [-0.15, -0.1) is 0 Å². The third kappa shape index (κ3) is 3.84. The lowest BCUT2D eigenvalue weighted by Gasteiger charge is -2.05. The SMILES string of the molecule is CS(=O)(=O)c1ccc(NCc2cc(Br)c(Br)o2)cc1. The minimum absolute atomic E-state index is 0.307. The fourth-order valence-electron chi connectivity index (χ4n) is 1.49. The Bertz CT molecular complexity index is 658. The molecule has 7 heteroatoms. The predicted octanol–water partition coefficient (Wildman–Crippen LogP) is 3.82. The van der Waals surface area contributed by atoms with Gasteiger partial charge in [0.25, 0.3) is 0 Å². The summed E-state index contributed by atoms with van der Waals surface area (Å²) in [5, 5.41) is 3.15. The lowest BCUT2D eigenvalue weighted by molar-refractivity contribution is 0.494. The van der Waals surface area contributed by atoms with Gasteiger partial charge in [0.15, 0.2) is 14.5 Å². The summed E-state index contributed by atoms with van der Waals surface area (Å²) in [6, 6.07) is 8.46. The lowest BCUT2D eigenvalue weighted by Crippen LogP contribution is -2.00. The molecular weight excluding hydrogens is 398 g/mol. The van der Waals surface area contributed by atoms with Gasteiger partial charge in [-0.1, -0.05) is 0 Å². The number of anilines is 1. The Labute approximate surface area is 128 Å². The van der Waals surface area contributed by atoms with Gasteiger partial charge in [-0.2, -0.15) is 0 Å². The Morgan fingerprint density at radius 3 is 2.32 bits per heavy atom. The molecule has 4 nitrogen and oxygen atoms in total. The van der Waals surface area contributed by atoms with E-state index in [1.54, 1.807) is 24.3 Å². The van der Waals surface area contributed by atoms with Crippen LogP contribution < -0.4 is 5.32 Å². The molecule has 0 radical (unpaired) electrons. The molecule has 1 heterocycles. The van der Waals surface area contributed by atoms with E-state index < -0.39 is 9.84 Å². The molecule has 2 aromatic rings. The number of furan rings is 1. The van der Waals surface area contributed by atoms with Crippen molar-refractivity contribution in [2.45, 2.75) is 11.4 Å². The predicted molar refractivity (Wildman–Crippen MR) is 81.0 cm³/mol. The van der Waals surface area contributed by atoms with Gasteiger partial charge in [0.2, 0.25) is 0 Å². The average molecular weight is 409 g/mol. The molecule has 102 valence electrons. The highest BCUT2D eigenvalue weighted by molar-refractivity contribution is 9.13. The van der Waals surface area contributed by atoms with Crippen molar-refractivity contribution in [1.29, 1.82) is 0 Å². The molecular formula is C12H11Br2NO3S. The molecule has 0 spiro atoms. The van der Waals surface area contributed by atoms with E-state index in [-0.39, 0.29) is 0 Å². The number of sulfone groups is 1. The van der Waals surface area contributed by atoms with Gasteiger partial charge in [-0.25, -0.2) is 8.42 Å². The largest absolute Gasteiger partial charge is 0.451 e. The Morgan fingerprint density at radius 2 is 1.84 bits per heavy atom. The van der Waals surface area contributed by atoms with Crippen LogP contribution in [0.2, 0.25) is 0 Å². The molecule has 0 saturated carbocycles. The maximum Gasteiger partial charge on any atom is 0.183 e. The van der Waals surface area contributed by atoms with Crippen LogP contribution >= 0.6 is 31.9 Å². The highest BCUT2D eigenvalue weighted by Gasteiger charge is 2.07. The smallest absolute Gasteiger partial charge is 0.183 e. The van der Waals surface area contributed by atoms with Crippen LogP contribution in [0.3, 0.4) is 0 Å². The maximum absolute atomic E-state index is 11.3. The van der Waals surface area contributed by atoms with E-state index in [9.17, 15) is 8.42 Å². The van der Waals surface area contributed by atoms with Crippen LogP contribution in [-0.2, 0) is 16.4 Å². The first-order valence-electron chi connectivity index (χ1n) is 5.34. The first kappa shape index (κ1) is 14.6. The Balaban J connectivity index is 2.04. The molecule has 1 aromatic heterocycles. The van der Waals surface area contributed by atoms with Crippen LogP contribution in [0.4, 0.5) is 5.69 Å². The zero-order chi connectivity index (χ0) is 14.0. The highest BCUT2D eigenvalue weighted by Crippen LogP contribution is 2.27. The summed E-state index contributed by atoms with van der Waals surface area (Å²) in [6.07, 6.45) is 1.19. The van der Waals surface area contributed by atoms with E-state index in [1.165, 1.54) is 6.26 Å². The summed E-state index contributed by atoms with van der Waals surface area (Å²) in [4.78, 5) is 0.307. The minimum atomic E-state index is -3.15. The molecule has 2 rings (SSSR count). The maximum atomic E-state index is 11.3. The minimum Gasteiger partial charge on any atom is -0.451 e. The molecule has 0 atom stereocenters. The Morgan fingerprint density at radius 1 is 1.21 bits per heavy atom. The van der Waals surface area contributed by atoms with Crippen molar-refractivity contribution in [3.63, 3.8) is 0 Å². The first-order valence-corrected chi connectivity index (χ1v) is 8.82. The topological polar surface area (TPSA) is 59.3 Å². The van der Waals surface area contributed by atoms with Gasteiger partial charge in [0.1, 0.15) is 5.76 Å². The number of hydrogen-bond donors (Lipinski definition) is 1. The molecule has 1 N–H and O–H groups in total. The molecule has 0 saturated heterocycles. The van der Waals surface area contributed by atoms with Crippen molar-refractivity contribution in [2.75, 3.05) is 11.6 Å². The van der Waals surface area contributed by atoms with Crippen molar-refractivity contribution in [2.24, 2.45) is 0 Å². The summed E-state index contributed by atoms with van der Waals surface area (Å²) in [5.74, 6) is 0.769. The van der Waals surface area contributed by atoms with E-state index in [0.29, 0.717) is 16.1 Å². The van der Waals surface area contributed by atoms with Crippen LogP contribution in [0.15, 0.2) is 48.8 Å². The van der Waals surface area contributed by atoms with Gasteiger partial charge in [-0.3, -0.25) is 0 Å². The third-order valence-electron chi connectivity index (χ3n) is 2.45. The van der Waals surface area contributed by atoms with Crippen LogP contribution in [0.25, 0.3) is 0 Å². The third-order valence-corrected chi connectivity index (χ3v) is 5.28. The molecule has 0 aliphatic rings. The second-order valence-electron chi connectivity index (χ2n) is 3.98. The van der Waals surface area contributed by atoms with Gasteiger partial charge in [0.05, 0.1) is 15.9 Å². The van der Waals surface area contributed by atoms with E-state index in [4.69, 9.17) is 4.42 Å². The number of rotatable bonds is 4. The number of hydrogen-bond acceptors (Lipinski definition) is 4. The summed E-state index contributed by atoms with van der Waals surface area (Å²) in [7, 11) is -3.15. The number of benzene rings is 1. The normalized spacial score (nSPS) is 11.5. The molecule has 0 bridgehead atoms. The quantitative estimate of drug-likeness (QED) is 0.835.